The molecule has 2 unspecified atom stereocenters. The number of benzene rings is 2. The van der Waals surface area contributed by atoms with Crippen LogP contribution in [0.3, 0.4) is 0 Å². The Labute approximate surface area is 191 Å². The molecule has 1 aliphatic carbocycles. The van der Waals surface area contributed by atoms with E-state index in [-0.39, 0.29) is 18.4 Å². The maximum absolute atomic E-state index is 13.5. The van der Waals surface area contributed by atoms with Gasteiger partial charge in [-0.3, -0.25) is 9.36 Å². The summed E-state index contributed by atoms with van der Waals surface area (Å²) in [5, 5.41) is 18.7. The molecule has 1 aromatic heterocycles. The second-order valence-electron chi connectivity index (χ2n) is 8.62. The highest BCUT2D eigenvalue weighted by atomic mass is 31.2. The number of halogens is 1. The lowest BCUT2D eigenvalue weighted by Gasteiger charge is -2.29. The van der Waals surface area contributed by atoms with Gasteiger partial charge in [0, 0.05) is 17.4 Å². The van der Waals surface area contributed by atoms with E-state index < -0.39 is 32.0 Å². The lowest BCUT2D eigenvalue weighted by molar-refractivity contribution is -0.138. The van der Waals surface area contributed by atoms with Crippen molar-refractivity contribution in [2.24, 2.45) is 0 Å². The zero-order valence-corrected chi connectivity index (χ0v) is 19.1. The average molecular weight is 472 g/mol. The number of carbonyl (C=O) groups is 1. The highest BCUT2D eigenvalue weighted by molar-refractivity contribution is 7.58. The summed E-state index contributed by atoms with van der Waals surface area (Å²) >= 11 is 0. The SMILES string of the molecule is CC1Cc2cccc(-c3ncn(-c4ccc(F)cc4)c3CCP(=O)(O)C[C@@H](O)CC(=O)O)c21. The summed E-state index contributed by atoms with van der Waals surface area (Å²) in [5.74, 6) is -1.21. The molecule has 1 aliphatic rings. The zero-order chi connectivity index (χ0) is 23.8. The van der Waals surface area contributed by atoms with Gasteiger partial charge in [-0.15, -0.1) is 0 Å². The summed E-state index contributed by atoms with van der Waals surface area (Å²) in [6, 6.07) is 12.0. The van der Waals surface area contributed by atoms with E-state index in [1.54, 1.807) is 23.0 Å². The molecule has 0 amide bonds. The molecule has 3 N–H and O–H groups in total. The number of aliphatic carboxylic acids is 1. The molecule has 0 saturated heterocycles. The van der Waals surface area contributed by atoms with Crippen LogP contribution in [0.15, 0.2) is 48.8 Å². The van der Waals surface area contributed by atoms with Crippen LogP contribution >= 0.6 is 7.37 Å². The van der Waals surface area contributed by atoms with Crippen LogP contribution in [-0.2, 0) is 22.2 Å². The normalized spacial score (nSPS) is 17.6. The number of nitrogens with zero attached hydrogens (tertiary/aromatic N) is 2. The Morgan fingerprint density at radius 1 is 1.27 bits per heavy atom. The van der Waals surface area contributed by atoms with Gasteiger partial charge in [-0.1, -0.05) is 25.1 Å². The summed E-state index contributed by atoms with van der Waals surface area (Å²) in [7, 11) is -3.81. The lowest BCUT2D eigenvalue weighted by atomic mass is 9.75. The van der Waals surface area contributed by atoms with Gasteiger partial charge < -0.3 is 19.7 Å². The average Bonchev–Trinajstić information content (AvgIpc) is 3.14. The Kier molecular flexibility index (Phi) is 6.52. The molecule has 7 nitrogen and oxygen atoms in total. The van der Waals surface area contributed by atoms with Crippen molar-refractivity contribution in [2.45, 2.75) is 38.2 Å². The number of aromatic nitrogens is 2. The molecule has 1 heterocycles. The van der Waals surface area contributed by atoms with Crippen LogP contribution in [0.4, 0.5) is 4.39 Å². The number of hydrogen-bond acceptors (Lipinski definition) is 4. The van der Waals surface area contributed by atoms with Crippen LogP contribution in [0, 0.1) is 5.82 Å². The first-order valence-corrected chi connectivity index (χ1v) is 12.8. The first-order valence-electron chi connectivity index (χ1n) is 10.8. The van der Waals surface area contributed by atoms with E-state index in [1.165, 1.54) is 23.3 Å². The summed E-state index contributed by atoms with van der Waals surface area (Å²) < 4.78 is 28.0. The molecular weight excluding hydrogens is 446 g/mol. The molecule has 0 fully saturated rings. The topological polar surface area (TPSA) is 113 Å². The third-order valence-corrected chi connectivity index (χ3v) is 7.96. The maximum atomic E-state index is 13.5. The molecule has 0 spiro atoms. The van der Waals surface area contributed by atoms with E-state index in [9.17, 15) is 23.7 Å². The number of imidazole rings is 1. The fraction of sp³-hybridized carbons (Fsp3) is 0.333. The second-order valence-corrected chi connectivity index (χ2v) is 11.1. The largest absolute Gasteiger partial charge is 0.481 e. The number of fused-ring (bicyclic) bond motifs is 1. The Bertz CT molecular complexity index is 1220. The molecule has 9 heteroatoms. The van der Waals surface area contributed by atoms with Crippen LogP contribution < -0.4 is 0 Å². The molecule has 33 heavy (non-hydrogen) atoms. The number of rotatable bonds is 9. The quantitative estimate of drug-likeness (QED) is 0.406. The smallest absolute Gasteiger partial charge is 0.305 e. The van der Waals surface area contributed by atoms with Crippen molar-refractivity contribution in [3.8, 4) is 16.9 Å². The van der Waals surface area contributed by atoms with Crippen LogP contribution in [0.5, 0.6) is 0 Å². The van der Waals surface area contributed by atoms with Gasteiger partial charge in [0.2, 0.25) is 7.37 Å². The Hall–Kier alpha value is -2.80. The van der Waals surface area contributed by atoms with E-state index in [0.29, 0.717) is 23.0 Å². The van der Waals surface area contributed by atoms with Gasteiger partial charge in [-0.2, -0.15) is 0 Å². The van der Waals surface area contributed by atoms with Crippen molar-refractivity contribution in [2.75, 3.05) is 12.3 Å². The Morgan fingerprint density at radius 3 is 2.67 bits per heavy atom. The van der Waals surface area contributed by atoms with Gasteiger partial charge in [0.25, 0.3) is 0 Å². The molecule has 174 valence electrons. The predicted octanol–water partition coefficient (Wildman–Crippen LogP) is 3.99. The highest BCUT2D eigenvalue weighted by Gasteiger charge is 2.30. The molecule has 2 aromatic carbocycles. The second kappa shape index (κ2) is 9.21. The van der Waals surface area contributed by atoms with E-state index in [4.69, 9.17) is 5.11 Å². The lowest BCUT2D eigenvalue weighted by Crippen LogP contribution is -2.19. The van der Waals surface area contributed by atoms with Gasteiger partial charge in [0.1, 0.15) is 12.1 Å². The van der Waals surface area contributed by atoms with Crippen molar-refractivity contribution in [3.05, 3.63) is 71.4 Å². The summed E-state index contributed by atoms with van der Waals surface area (Å²) in [5.41, 5.74) is 5.52. The molecule has 3 atom stereocenters. The van der Waals surface area contributed by atoms with Gasteiger partial charge in [-0.05, 0) is 54.2 Å². The molecule has 4 rings (SSSR count). The van der Waals surface area contributed by atoms with E-state index in [0.717, 1.165) is 12.0 Å². The molecule has 0 saturated carbocycles. The maximum Gasteiger partial charge on any atom is 0.305 e. The number of carboxylic acid groups (broad SMARTS) is 1. The fourth-order valence-electron chi connectivity index (χ4n) is 4.51. The van der Waals surface area contributed by atoms with Crippen LogP contribution in [0.1, 0.15) is 36.1 Å². The van der Waals surface area contributed by atoms with Crippen LogP contribution in [0.25, 0.3) is 16.9 Å². The number of carboxylic acids is 1. The Balaban J connectivity index is 1.69. The molecule has 3 aromatic rings. The third kappa shape index (κ3) is 5.08. The van der Waals surface area contributed by atoms with E-state index in [1.807, 2.05) is 12.1 Å². The summed E-state index contributed by atoms with van der Waals surface area (Å²) in [6.45, 7) is 2.15. The minimum atomic E-state index is -3.81. The first-order chi connectivity index (χ1) is 15.6. The fourth-order valence-corrected chi connectivity index (χ4v) is 6.04. The molecule has 0 aliphatic heterocycles. The van der Waals surface area contributed by atoms with Crippen molar-refractivity contribution in [1.82, 2.24) is 9.55 Å². The summed E-state index contributed by atoms with van der Waals surface area (Å²) in [4.78, 5) is 25.8. The first kappa shape index (κ1) is 23.4. The van der Waals surface area contributed by atoms with Crippen molar-refractivity contribution >= 4 is 13.3 Å². The third-order valence-electron chi connectivity index (χ3n) is 6.05. The van der Waals surface area contributed by atoms with Crippen molar-refractivity contribution in [3.63, 3.8) is 0 Å². The number of hydrogen-bond donors (Lipinski definition) is 3. The predicted molar refractivity (Wildman–Crippen MR) is 123 cm³/mol. The number of aliphatic hydroxyl groups is 1. The van der Waals surface area contributed by atoms with Crippen molar-refractivity contribution < 1.29 is 28.9 Å². The Morgan fingerprint density at radius 2 is 2.00 bits per heavy atom. The van der Waals surface area contributed by atoms with Crippen molar-refractivity contribution in [1.29, 1.82) is 0 Å². The number of aliphatic hydroxyl groups excluding tert-OH is 1. The van der Waals surface area contributed by atoms with Gasteiger partial charge in [0.05, 0.1) is 30.1 Å². The minimum absolute atomic E-state index is 0.145. The van der Waals surface area contributed by atoms with Gasteiger partial charge in [0.15, 0.2) is 0 Å². The van der Waals surface area contributed by atoms with E-state index in [2.05, 4.69) is 18.0 Å². The minimum Gasteiger partial charge on any atom is -0.481 e. The molecule has 0 radical (unpaired) electrons. The monoisotopic (exact) mass is 472 g/mol. The molecular formula is C24H26FN2O5P. The standard InChI is InChI=1S/C24H26FN2O5P/c1-15-11-16-3-2-4-20(23(15)16)24-21(9-10-33(31,32)13-19(28)12-22(29)30)27(14-26-24)18-7-5-17(25)6-8-18/h2-8,14-15,19,28H,9-13H2,1H3,(H,29,30)(H,31,32)/t15?,19-/m0/s1. The van der Waals surface area contributed by atoms with Crippen LogP contribution in [-0.4, -0.2) is 49.1 Å². The summed E-state index contributed by atoms with van der Waals surface area (Å²) in [6.07, 6.45) is 0.183. The molecule has 0 bridgehead atoms. The van der Waals surface area contributed by atoms with Crippen LogP contribution in [0.2, 0.25) is 0 Å². The zero-order valence-electron chi connectivity index (χ0n) is 18.2. The van der Waals surface area contributed by atoms with Gasteiger partial charge in [-0.25, -0.2) is 9.37 Å². The van der Waals surface area contributed by atoms with Gasteiger partial charge >= 0.3 is 5.97 Å². The highest BCUT2D eigenvalue weighted by Crippen LogP contribution is 2.45. The van der Waals surface area contributed by atoms with E-state index >= 15 is 0 Å².